The number of nitro benzene ring substituents is 2. The second-order valence-electron chi connectivity index (χ2n) is 4.10. The van der Waals surface area contributed by atoms with Gasteiger partial charge in [0.15, 0.2) is 0 Å². The predicted octanol–water partition coefficient (Wildman–Crippen LogP) is 3.28. The molecule has 0 fully saturated rings. The zero-order valence-corrected chi connectivity index (χ0v) is 13.2. The molecule has 0 aliphatic heterocycles. The number of carbonyl (C=O) groups excluding carboxylic acids is 1. The first-order valence-corrected chi connectivity index (χ1v) is 8.90. The van der Waals surface area contributed by atoms with Crippen molar-refractivity contribution in [3.05, 3.63) is 38.4 Å². The zero-order chi connectivity index (χ0) is 16.4. The number of anilines is 1. The highest BCUT2D eigenvalue weighted by atomic mass is 33.1. The molecule has 1 aromatic rings. The van der Waals surface area contributed by atoms with Gasteiger partial charge in [0, 0.05) is 30.5 Å². The van der Waals surface area contributed by atoms with E-state index < -0.39 is 9.85 Å². The molecule has 0 aliphatic rings. The molecule has 1 N–H and O–H groups in total. The van der Waals surface area contributed by atoms with Crippen molar-refractivity contribution >= 4 is 44.9 Å². The van der Waals surface area contributed by atoms with E-state index in [4.69, 9.17) is 0 Å². The van der Waals surface area contributed by atoms with Crippen LogP contribution in [0.4, 0.5) is 17.1 Å². The van der Waals surface area contributed by atoms with E-state index in [1.165, 1.54) is 12.1 Å². The van der Waals surface area contributed by atoms with E-state index in [0.29, 0.717) is 13.0 Å². The molecule has 120 valence electrons. The molecule has 0 unspecified atom stereocenters. The molecular weight excluding hydrogens is 330 g/mol. The smallest absolute Gasteiger partial charge is 0.299 e. The average Bonchev–Trinajstić information content (AvgIpc) is 2.49. The molecule has 10 heteroatoms. The largest absolute Gasteiger partial charge is 0.379 e. The Morgan fingerprint density at radius 3 is 2.50 bits per heavy atom. The SMILES string of the molecule is O=CCCCSSCCNc1ccc([N+](=O)[O-])cc1[N+](=O)[O-]. The first-order chi connectivity index (χ1) is 10.6. The van der Waals surface area contributed by atoms with Gasteiger partial charge < -0.3 is 10.1 Å². The molecule has 8 nitrogen and oxygen atoms in total. The molecular formula is C12H15N3O5S2. The Balaban J connectivity index is 2.43. The first kappa shape index (κ1) is 18.2. The van der Waals surface area contributed by atoms with Crippen LogP contribution in [0, 0.1) is 20.2 Å². The molecule has 0 radical (unpaired) electrons. The molecule has 0 aromatic heterocycles. The van der Waals surface area contributed by atoms with Crippen molar-refractivity contribution in [2.24, 2.45) is 0 Å². The van der Waals surface area contributed by atoms with Crippen LogP contribution >= 0.6 is 21.6 Å². The lowest BCUT2D eigenvalue weighted by Crippen LogP contribution is -2.06. The van der Waals surface area contributed by atoms with Gasteiger partial charge in [-0.2, -0.15) is 0 Å². The van der Waals surface area contributed by atoms with Crippen molar-refractivity contribution in [1.29, 1.82) is 0 Å². The summed E-state index contributed by atoms with van der Waals surface area (Å²) in [6.07, 6.45) is 2.28. The average molecular weight is 345 g/mol. The Hall–Kier alpha value is -1.81. The highest BCUT2D eigenvalue weighted by Crippen LogP contribution is 2.29. The van der Waals surface area contributed by atoms with Gasteiger partial charge in [0.1, 0.15) is 12.0 Å². The Morgan fingerprint density at radius 2 is 1.86 bits per heavy atom. The topological polar surface area (TPSA) is 115 Å². The number of nitro groups is 2. The van der Waals surface area contributed by atoms with Crippen molar-refractivity contribution in [2.45, 2.75) is 12.8 Å². The third-order valence-electron chi connectivity index (χ3n) is 2.52. The fourth-order valence-electron chi connectivity index (χ4n) is 1.50. The fourth-order valence-corrected chi connectivity index (χ4v) is 3.52. The zero-order valence-electron chi connectivity index (χ0n) is 11.6. The molecule has 0 bridgehead atoms. The minimum absolute atomic E-state index is 0.266. The van der Waals surface area contributed by atoms with Gasteiger partial charge in [-0.1, -0.05) is 21.6 Å². The Morgan fingerprint density at radius 1 is 1.14 bits per heavy atom. The Labute approximate surface area is 134 Å². The second kappa shape index (κ2) is 10.0. The standard InChI is InChI=1S/C12H15N3O5S2/c16-6-1-2-7-21-22-8-5-13-11-4-3-10(14(17)18)9-12(11)15(19)20/h3-4,6,9,13H,1-2,5,7-8H2. The van der Waals surface area contributed by atoms with Crippen LogP contribution in [-0.2, 0) is 4.79 Å². The number of nitrogens with zero attached hydrogens (tertiary/aromatic N) is 2. The van der Waals surface area contributed by atoms with Gasteiger partial charge in [-0.05, 0) is 12.5 Å². The van der Waals surface area contributed by atoms with Crippen molar-refractivity contribution in [3.63, 3.8) is 0 Å². The van der Waals surface area contributed by atoms with E-state index in [1.807, 2.05) is 0 Å². The number of hydrogen-bond acceptors (Lipinski definition) is 8. The lowest BCUT2D eigenvalue weighted by molar-refractivity contribution is -0.393. The highest BCUT2D eigenvalue weighted by Gasteiger charge is 2.18. The number of nitrogens with one attached hydrogen (secondary N) is 1. The monoisotopic (exact) mass is 345 g/mol. The Bertz CT molecular complexity index is 541. The normalized spacial score (nSPS) is 10.2. The summed E-state index contributed by atoms with van der Waals surface area (Å²) in [5.74, 6) is 1.60. The molecule has 0 spiro atoms. The van der Waals surface area contributed by atoms with Gasteiger partial charge in [-0.3, -0.25) is 20.2 Å². The summed E-state index contributed by atoms with van der Waals surface area (Å²) in [7, 11) is 3.25. The lowest BCUT2D eigenvalue weighted by atomic mass is 10.2. The summed E-state index contributed by atoms with van der Waals surface area (Å²) in [4.78, 5) is 30.4. The molecule has 1 aromatic carbocycles. The van der Waals surface area contributed by atoms with Gasteiger partial charge in [0.05, 0.1) is 15.9 Å². The number of aldehydes is 1. The molecule has 0 saturated heterocycles. The van der Waals surface area contributed by atoms with Crippen LogP contribution in [0.1, 0.15) is 12.8 Å². The number of hydrogen-bond donors (Lipinski definition) is 1. The van der Waals surface area contributed by atoms with E-state index in [9.17, 15) is 25.0 Å². The van der Waals surface area contributed by atoms with Crippen LogP contribution in [0.2, 0.25) is 0 Å². The minimum atomic E-state index is -0.664. The molecule has 0 heterocycles. The summed E-state index contributed by atoms with van der Waals surface area (Å²) in [5.41, 5.74) is -0.350. The summed E-state index contributed by atoms with van der Waals surface area (Å²) in [6.45, 7) is 0.504. The molecule has 0 amide bonds. The van der Waals surface area contributed by atoms with Gasteiger partial charge in [0.25, 0.3) is 11.4 Å². The molecule has 22 heavy (non-hydrogen) atoms. The summed E-state index contributed by atoms with van der Waals surface area (Å²) in [6, 6.07) is 3.53. The molecule has 0 aliphatic carbocycles. The van der Waals surface area contributed by atoms with E-state index in [1.54, 1.807) is 21.6 Å². The summed E-state index contributed by atoms with van der Waals surface area (Å²) < 4.78 is 0. The van der Waals surface area contributed by atoms with Crippen LogP contribution in [-0.4, -0.2) is 34.2 Å². The maximum atomic E-state index is 10.9. The second-order valence-corrected chi connectivity index (χ2v) is 6.80. The lowest BCUT2D eigenvalue weighted by Gasteiger charge is -2.06. The van der Waals surface area contributed by atoms with E-state index in [0.717, 1.165) is 30.3 Å². The third-order valence-corrected chi connectivity index (χ3v) is 5.02. The summed E-state index contributed by atoms with van der Waals surface area (Å²) in [5, 5.41) is 24.5. The maximum Gasteiger partial charge on any atom is 0.299 e. The van der Waals surface area contributed by atoms with Crippen LogP contribution in [0.15, 0.2) is 18.2 Å². The van der Waals surface area contributed by atoms with Crippen molar-refractivity contribution < 1.29 is 14.6 Å². The first-order valence-electron chi connectivity index (χ1n) is 6.41. The molecule has 0 atom stereocenters. The molecule has 1 rings (SSSR count). The van der Waals surface area contributed by atoms with E-state index >= 15 is 0 Å². The minimum Gasteiger partial charge on any atom is -0.379 e. The van der Waals surface area contributed by atoms with Gasteiger partial charge in [-0.15, -0.1) is 0 Å². The Kier molecular flexibility index (Phi) is 8.30. The highest BCUT2D eigenvalue weighted by molar-refractivity contribution is 8.76. The quantitative estimate of drug-likeness (QED) is 0.213. The van der Waals surface area contributed by atoms with Crippen LogP contribution in [0.25, 0.3) is 0 Å². The number of unbranched alkanes of at least 4 members (excludes halogenated alkanes) is 1. The summed E-state index contributed by atoms with van der Waals surface area (Å²) >= 11 is 0. The number of rotatable bonds is 11. The van der Waals surface area contributed by atoms with E-state index in [-0.39, 0.29) is 17.1 Å². The van der Waals surface area contributed by atoms with E-state index in [2.05, 4.69) is 5.32 Å². The number of non-ortho nitro benzene ring substituents is 1. The van der Waals surface area contributed by atoms with Crippen LogP contribution < -0.4 is 5.32 Å². The fraction of sp³-hybridized carbons (Fsp3) is 0.417. The van der Waals surface area contributed by atoms with Gasteiger partial charge in [0.2, 0.25) is 0 Å². The third kappa shape index (κ3) is 6.31. The maximum absolute atomic E-state index is 10.9. The van der Waals surface area contributed by atoms with Crippen molar-refractivity contribution in [1.82, 2.24) is 0 Å². The van der Waals surface area contributed by atoms with Crippen molar-refractivity contribution in [2.75, 3.05) is 23.4 Å². The van der Waals surface area contributed by atoms with Gasteiger partial charge in [-0.25, -0.2) is 0 Å². The van der Waals surface area contributed by atoms with Gasteiger partial charge >= 0.3 is 0 Å². The predicted molar refractivity (Wildman–Crippen MR) is 88.5 cm³/mol. The molecule has 0 saturated carbocycles. The van der Waals surface area contributed by atoms with Crippen LogP contribution in [0.3, 0.4) is 0 Å². The number of carbonyl (C=O) groups is 1. The number of benzene rings is 1. The van der Waals surface area contributed by atoms with Crippen LogP contribution in [0.5, 0.6) is 0 Å². The van der Waals surface area contributed by atoms with Crippen molar-refractivity contribution in [3.8, 4) is 0 Å².